The standard InChI is InChI=1S/C13H20O2/c1-3-4-5-7-12(10-11(2)14)13-8-6-9-15-13/h6,8-9,12H,3-5,7,10H2,1-2H3. The number of furan rings is 1. The summed E-state index contributed by atoms with van der Waals surface area (Å²) >= 11 is 0. The first kappa shape index (κ1) is 12.0. The number of carbonyl (C=O) groups excluding carboxylic acids is 1. The molecule has 15 heavy (non-hydrogen) atoms. The van der Waals surface area contributed by atoms with Gasteiger partial charge in [0.1, 0.15) is 11.5 Å². The van der Waals surface area contributed by atoms with Crippen molar-refractivity contribution in [3.05, 3.63) is 24.2 Å². The van der Waals surface area contributed by atoms with E-state index in [2.05, 4.69) is 6.92 Å². The van der Waals surface area contributed by atoms with Gasteiger partial charge in [0.2, 0.25) is 0 Å². The van der Waals surface area contributed by atoms with Crippen LogP contribution in [0.3, 0.4) is 0 Å². The lowest BCUT2D eigenvalue weighted by atomic mass is 9.94. The van der Waals surface area contributed by atoms with Crippen molar-refractivity contribution >= 4 is 5.78 Å². The van der Waals surface area contributed by atoms with Gasteiger partial charge in [-0.1, -0.05) is 26.2 Å². The number of hydrogen-bond donors (Lipinski definition) is 0. The van der Waals surface area contributed by atoms with Gasteiger partial charge in [-0.3, -0.25) is 0 Å². The minimum absolute atomic E-state index is 0.243. The van der Waals surface area contributed by atoms with E-state index in [1.54, 1.807) is 13.2 Å². The van der Waals surface area contributed by atoms with Crippen LogP contribution in [0.15, 0.2) is 22.8 Å². The second-order valence-corrected chi connectivity index (χ2v) is 4.11. The minimum Gasteiger partial charge on any atom is -0.469 e. The third kappa shape index (κ3) is 4.32. The highest BCUT2D eigenvalue weighted by Gasteiger charge is 2.15. The second kappa shape index (κ2) is 6.44. The zero-order valence-corrected chi connectivity index (χ0v) is 9.66. The molecule has 0 aliphatic carbocycles. The van der Waals surface area contributed by atoms with Crippen LogP contribution in [-0.2, 0) is 4.79 Å². The van der Waals surface area contributed by atoms with Crippen LogP contribution in [0.25, 0.3) is 0 Å². The van der Waals surface area contributed by atoms with E-state index in [9.17, 15) is 4.79 Å². The molecule has 0 aliphatic heterocycles. The Bertz CT molecular complexity index is 275. The van der Waals surface area contributed by atoms with E-state index in [0.717, 1.165) is 12.2 Å². The molecule has 0 fully saturated rings. The van der Waals surface area contributed by atoms with E-state index in [0.29, 0.717) is 6.42 Å². The summed E-state index contributed by atoms with van der Waals surface area (Å²) in [5, 5.41) is 0. The molecule has 1 aromatic heterocycles. The van der Waals surface area contributed by atoms with E-state index >= 15 is 0 Å². The number of unbranched alkanes of at least 4 members (excludes halogenated alkanes) is 2. The summed E-state index contributed by atoms with van der Waals surface area (Å²) in [6, 6.07) is 3.86. The fraction of sp³-hybridized carbons (Fsp3) is 0.615. The maximum Gasteiger partial charge on any atom is 0.130 e. The summed E-state index contributed by atoms with van der Waals surface area (Å²) in [5.74, 6) is 1.48. The third-order valence-electron chi connectivity index (χ3n) is 2.64. The van der Waals surface area contributed by atoms with E-state index in [4.69, 9.17) is 4.42 Å². The lowest BCUT2D eigenvalue weighted by Crippen LogP contribution is -2.03. The normalized spacial score (nSPS) is 12.7. The Morgan fingerprint density at radius 2 is 2.27 bits per heavy atom. The van der Waals surface area contributed by atoms with Crippen LogP contribution in [0.2, 0.25) is 0 Å². The second-order valence-electron chi connectivity index (χ2n) is 4.11. The molecule has 0 aliphatic rings. The molecule has 0 saturated carbocycles. The van der Waals surface area contributed by atoms with Crippen molar-refractivity contribution in [3.63, 3.8) is 0 Å². The Hall–Kier alpha value is -1.05. The molecule has 1 atom stereocenters. The predicted octanol–water partition coefficient (Wildman–Crippen LogP) is 3.92. The quantitative estimate of drug-likeness (QED) is 0.636. The Morgan fingerprint density at radius 3 is 2.80 bits per heavy atom. The smallest absolute Gasteiger partial charge is 0.130 e. The van der Waals surface area contributed by atoms with Crippen molar-refractivity contribution in [2.24, 2.45) is 0 Å². The van der Waals surface area contributed by atoms with Crippen LogP contribution in [0.1, 0.15) is 57.6 Å². The van der Waals surface area contributed by atoms with Gasteiger partial charge in [0.15, 0.2) is 0 Å². The van der Waals surface area contributed by atoms with Crippen molar-refractivity contribution in [1.82, 2.24) is 0 Å². The average Bonchev–Trinajstić information content (AvgIpc) is 2.68. The Morgan fingerprint density at radius 1 is 1.47 bits per heavy atom. The Labute approximate surface area is 91.7 Å². The lowest BCUT2D eigenvalue weighted by Gasteiger charge is -2.12. The molecule has 2 nitrogen and oxygen atoms in total. The monoisotopic (exact) mass is 208 g/mol. The summed E-state index contributed by atoms with van der Waals surface area (Å²) in [6.45, 7) is 3.84. The van der Waals surface area contributed by atoms with Crippen molar-refractivity contribution in [1.29, 1.82) is 0 Å². The highest BCUT2D eigenvalue weighted by molar-refractivity contribution is 5.76. The number of Topliss-reactive ketones (excluding diaryl/α,β-unsaturated/α-hetero) is 1. The fourth-order valence-corrected chi connectivity index (χ4v) is 1.86. The van der Waals surface area contributed by atoms with Crippen molar-refractivity contribution in [2.75, 3.05) is 0 Å². The zero-order valence-electron chi connectivity index (χ0n) is 9.66. The van der Waals surface area contributed by atoms with Gasteiger partial charge in [-0.05, 0) is 25.5 Å². The SMILES string of the molecule is CCCCCC(CC(C)=O)c1ccco1. The molecule has 0 bridgehead atoms. The molecule has 2 heteroatoms. The van der Waals surface area contributed by atoms with Crippen LogP contribution < -0.4 is 0 Å². The van der Waals surface area contributed by atoms with Gasteiger partial charge in [-0.25, -0.2) is 0 Å². The topological polar surface area (TPSA) is 30.2 Å². The molecule has 0 aromatic carbocycles. The summed E-state index contributed by atoms with van der Waals surface area (Å²) in [7, 11) is 0. The molecule has 1 rings (SSSR count). The summed E-state index contributed by atoms with van der Waals surface area (Å²) in [6.07, 6.45) is 6.97. The van der Waals surface area contributed by atoms with Crippen LogP contribution in [0.4, 0.5) is 0 Å². The molecule has 0 saturated heterocycles. The molecule has 1 aromatic rings. The van der Waals surface area contributed by atoms with Crippen molar-refractivity contribution < 1.29 is 9.21 Å². The zero-order chi connectivity index (χ0) is 11.1. The molecular formula is C13H20O2. The van der Waals surface area contributed by atoms with Crippen LogP contribution in [-0.4, -0.2) is 5.78 Å². The Balaban J connectivity index is 2.50. The first-order chi connectivity index (χ1) is 7.24. The highest BCUT2D eigenvalue weighted by atomic mass is 16.3. The number of rotatable bonds is 7. The molecule has 84 valence electrons. The third-order valence-corrected chi connectivity index (χ3v) is 2.64. The molecule has 1 heterocycles. The fourth-order valence-electron chi connectivity index (χ4n) is 1.86. The molecule has 0 N–H and O–H groups in total. The van der Waals surface area contributed by atoms with Crippen molar-refractivity contribution in [3.8, 4) is 0 Å². The van der Waals surface area contributed by atoms with E-state index in [-0.39, 0.29) is 11.7 Å². The maximum absolute atomic E-state index is 11.1. The highest BCUT2D eigenvalue weighted by Crippen LogP contribution is 2.26. The number of carbonyl (C=O) groups is 1. The number of ketones is 1. The van der Waals surface area contributed by atoms with Gasteiger partial charge in [0, 0.05) is 12.3 Å². The van der Waals surface area contributed by atoms with Gasteiger partial charge in [-0.2, -0.15) is 0 Å². The summed E-state index contributed by atoms with van der Waals surface area (Å²) in [5.41, 5.74) is 0. The van der Waals surface area contributed by atoms with Crippen molar-refractivity contribution in [2.45, 2.75) is 51.9 Å². The van der Waals surface area contributed by atoms with Gasteiger partial charge >= 0.3 is 0 Å². The number of hydrogen-bond acceptors (Lipinski definition) is 2. The Kier molecular flexibility index (Phi) is 5.16. The molecule has 0 amide bonds. The summed E-state index contributed by atoms with van der Waals surface area (Å²) < 4.78 is 5.37. The predicted molar refractivity (Wildman–Crippen MR) is 60.9 cm³/mol. The van der Waals surface area contributed by atoms with E-state index in [1.807, 2.05) is 12.1 Å². The van der Waals surface area contributed by atoms with Gasteiger partial charge in [0.25, 0.3) is 0 Å². The molecule has 1 unspecified atom stereocenters. The minimum atomic E-state index is 0.243. The van der Waals surface area contributed by atoms with Gasteiger partial charge in [-0.15, -0.1) is 0 Å². The largest absolute Gasteiger partial charge is 0.469 e. The molecular weight excluding hydrogens is 188 g/mol. The van der Waals surface area contributed by atoms with Crippen LogP contribution in [0.5, 0.6) is 0 Å². The first-order valence-electron chi connectivity index (χ1n) is 5.77. The van der Waals surface area contributed by atoms with Gasteiger partial charge < -0.3 is 9.21 Å². The van der Waals surface area contributed by atoms with Crippen LogP contribution in [0, 0.1) is 0 Å². The lowest BCUT2D eigenvalue weighted by molar-refractivity contribution is -0.117. The molecule has 0 spiro atoms. The van der Waals surface area contributed by atoms with Gasteiger partial charge in [0.05, 0.1) is 6.26 Å². The average molecular weight is 208 g/mol. The van der Waals surface area contributed by atoms with E-state index in [1.165, 1.54) is 19.3 Å². The molecule has 0 radical (unpaired) electrons. The van der Waals surface area contributed by atoms with Crippen LogP contribution >= 0.6 is 0 Å². The summed E-state index contributed by atoms with van der Waals surface area (Å²) in [4.78, 5) is 11.1. The first-order valence-corrected chi connectivity index (χ1v) is 5.77. The van der Waals surface area contributed by atoms with E-state index < -0.39 is 0 Å². The maximum atomic E-state index is 11.1.